The number of anilines is 1. The Hall–Kier alpha value is -3.17. The maximum Gasteiger partial charge on any atom is 0.332 e. The first kappa shape index (κ1) is 20.6. The van der Waals surface area contributed by atoms with Crippen molar-refractivity contribution < 1.29 is 28.5 Å². The summed E-state index contributed by atoms with van der Waals surface area (Å²) in [7, 11) is 3.01. The molecular formula is C20H20N2O6S. The summed E-state index contributed by atoms with van der Waals surface area (Å²) in [6.07, 6.45) is 0. The third-order valence-corrected chi connectivity index (χ3v) is 4.84. The number of carbonyl (C=O) groups excluding carboxylic acids is 2. The Bertz CT molecular complexity index is 971. The number of hydrogen-bond donors (Lipinski definition) is 1. The lowest BCUT2D eigenvalue weighted by Gasteiger charge is -2.11. The molecule has 0 aliphatic carbocycles. The van der Waals surface area contributed by atoms with E-state index in [9.17, 15) is 9.59 Å². The molecule has 0 radical (unpaired) electrons. The van der Waals surface area contributed by atoms with Crippen molar-refractivity contribution in [1.82, 2.24) is 4.98 Å². The van der Waals surface area contributed by atoms with Gasteiger partial charge in [0.15, 0.2) is 6.61 Å². The van der Waals surface area contributed by atoms with Crippen molar-refractivity contribution in [2.75, 3.05) is 32.8 Å². The molecule has 0 saturated carbocycles. The number of ether oxygens (including phenoxy) is 4. The maximum absolute atomic E-state index is 12.0. The van der Waals surface area contributed by atoms with Gasteiger partial charge in [0.05, 0.1) is 36.7 Å². The fraction of sp³-hybridized carbons (Fsp3) is 0.250. The summed E-state index contributed by atoms with van der Waals surface area (Å²) >= 11 is 1.50. The van der Waals surface area contributed by atoms with Gasteiger partial charge in [-0.3, -0.25) is 4.79 Å². The Morgan fingerprint density at radius 2 is 1.90 bits per heavy atom. The number of carbonyl (C=O) groups is 2. The number of amides is 1. The number of esters is 1. The van der Waals surface area contributed by atoms with Gasteiger partial charge in [-0.1, -0.05) is 12.1 Å². The molecule has 1 aromatic heterocycles. The van der Waals surface area contributed by atoms with Crippen LogP contribution in [0.2, 0.25) is 0 Å². The minimum Gasteiger partial charge on any atom is -0.497 e. The van der Waals surface area contributed by atoms with Crippen LogP contribution in [0.5, 0.6) is 11.5 Å². The summed E-state index contributed by atoms with van der Waals surface area (Å²) in [5, 5.41) is 3.39. The second kappa shape index (κ2) is 9.85. The highest BCUT2D eigenvalue weighted by Gasteiger charge is 2.12. The zero-order valence-electron chi connectivity index (χ0n) is 16.0. The molecule has 0 unspecified atom stereocenters. The number of fused-ring (bicyclic) bond motifs is 1. The molecule has 9 heteroatoms. The van der Waals surface area contributed by atoms with Crippen molar-refractivity contribution >= 4 is 39.1 Å². The largest absolute Gasteiger partial charge is 0.497 e. The zero-order chi connectivity index (χ0) is 20.6. The van der Waals surface area contributed by atoms with Crippen molar-refractivity contribution in [3.63, 3.8) is 0 Å². The SMILES string of the molecule is COc1ccc(NC(=O)COC(=O)COCc2nc3ccccc3s2)c(OC)c1. The fourth-order valence-corrected chi connectivity index (χ4v) is 3.38. The normalized spacial score (nSPS) is 10.6. The van der Waals surface area contributed by atoms with Crippen LogP contribution in [0, 0.1) is 0 Å². The van der Waals surface area contributed by atoms with Crippen molar-refractivity contribution in [3.05, 3.63) is 47.5 Å². The minimum absolute atomic E-state index is 0.198. The molecule has 0 bridgehead atoms. The molecule has 0 spiro atoms. The van der Waals surface area contributed by atoms with Crippen LogP contribution >= 0.6 is 11.3 Å². The Labute approximate surface area is 171 Å². The number of benzene rings is 2. The van der Waals surface area contributed by atoms with E-state index < -0.39 is 18.5 Å². The number of thiazole rings is 1. The van der Waals surface area contributed by atoms with Gasteiger partial charge in [0.25, 0.3) is 5.91 Å². The van der Waals surface area contributed by atoms with Crippen molar-refractivity contribution in [2.24, 2.45) is 0 Å². The van der Waals surface area contributed by atoms with Crippen LogP contribution in [0.3, 0.4) is 0 Å². The molecule has 1 heterocycles. The van der Waals surface area contributed by atoms with Crippen LogP contribution in [-0.4, -0.2) is 44.3 Å². The standard InChI is InChI=1S/C20H20N2O6S/c1-25-13-7-8-14(16(9-13)26-2)21-18(23)10-28-20(24)12-27-11-19-22-15-5-3-4-6-17(15)29-19/h3-9H,10-12H2,1-2H3,(H,21,23). The number of methoxy groups -OCH3 is 2. The number of aromatic nitrogens is 1. The van der Waals surface area contributed by atoms with Crippen LogP contribution in [0.4, 0.5) is 5.69 Å². The fourth-order valence-electron chi connectivity index (χ4n) is 2.48. The van der Waals surface area contributed by atoms with Gasteiger partial charge < -0.3 is 24.3 Å². The van der Waals surface area contributed by atoms with Gasteiger partial charge in [-0.15, -0.1) is 11.3 Å². The Balaban J connectivity index is 1.41. The highest BCUT2D eigenvalue weighted by molar-refractivity contribution is 7.18. The van der Waals surface area contributed by atoms with Crippen molar-refractivity contribution in [3.8, 4) is 11.5 Å². The lowest BCUT2D eigenvalue weighted by Crippen LogP contribution is -2.23. The zero-order valence-corrected chi connectivity index (χ0v) is 16.8. The van der Waals surface area contributed by atoms with Crippen molar-refractivity contribution in [1.29, 1.82) is 0 Å². The summed E-state index contributed by atoms with van der Waals surface area (Å²) in [6, 6.07) is 12.7. The summed E-state index contributed by atoms with van der Waals surface area (Å²) in [5.41, 5.74) is 1.34. The second-order valence-corrected chi connectivity index (χ2v) is 6.96. The molecular weight excluding hydrogens is 396 g/mol. The van der Waals surface area contributed by atoms with Crippen LogP contribution in [0.1, 0.15) is 5.01 Å². The minimum atomic E-state index is -0.636. The molecule has 3 aromatic rings. The van der Waals surface area contributed by atoms with Gasteiger partial charge in [-0.05, 0) is 24.3 Å². The summed E-state index contributed by atoms with van der Waals surface area (Å²) in [5.74, 6) is -0.101. The molecule has 0 atom stereocenters. The van der Waals surface area contributed by atoms with Gasteiger partial charge >= 0.3 is 5.97 Å². The molecule has 0 aliphatic heterocycles. The van der Waals surface area contributed by atoms with Gasteiger partial charge in [0.2, 0.25) is 0 Å². The summed E-state index contributed by atoms with van der Waals surface area (Å²) in [6.45, 7) is -0.503. The Morgan fingerprint density at radius 3 is 2.66 bits per heavy atom. The molecule has 0 aliphatic rings. The first-order valence-electron chi connectivity index (χ1n) is 8.68. The maximum atomic E-state index is 12.0. The smallest absolute Gasteiger partial charge is 0.332 e. The third kappa shape index (κ3) is 5.66. The molecule has 8 nitrogen and oxygen atoms in total. The third-order valence-electron chi connectivity index (χ3n) is 3.83. The average molecular weight is 416 g/mol. The van der Waals surface area contributed by atoms with Crippen LogP contribution in [0.25, 0.3) is 10.2 Å². The Morgan fingerprint density at radius 1 is 1.07 bits per heavy atom. The molecule has 0 saturated heterocycles. The molecule has 2 aromatic carbocycles. The first-order chi connectivity index (χ1) is 14.1. The summed E-state index contributed by atoms with van der Waals surface area (Å²) < 4.78 is 21.6. The van der Waals surface area contributed by atoms with Gasteiger partial charge in [-0.2, -0.15) is 0 Å². The lowest BCUT2D eigenvalue weighted by atomic mass is 10.2. The van der Waals surface area contributed by atoms with Gasteiger partial charge in [-0.25, -0.2) is 9.78 Å². The van der Waals surface area contributed by atoms with Gasteiger partial charge in [0, 0.05) is 6.07 Å². The Kier molecular flexibility index (Phi) is 6.99. The average Bonchev–Trinajstić information content (AvgIpc) is 3.15. The van der Waals surface area contributed by atoms with E-state index in [1.54, 1.807) is 18.2 Å². The highest BCUT2D eigenvalue weighted by atomic mass is 32.1. The second-order valence-electron chi connectivity index (χ2n) is 5.84. The van der Waals surface area contributed by atoms with E-state index in [0.717, 1.165) is 15.2 Å². The summed E-state index contributed by atoms with van der Waals surface area (Å²) in [4.78, 5) is 28.2. The van der Waals surface area contributed by atoms with Crippen LogP contribution in [0.15, 0.2) is 42.5 Å². The molecule has 3 rings (SSSR count). The number of para-hydroxylation sites is 1. The predicted octanol–water partition coefficient (Wildman–Crippen LogP) is 3.01. The van der Waals surface area contributed by atoms with E-state index in [4.69, 9.17) is 18.9 Å². The van der Waals surface area contributed by atoms with Crippen LogP contribution in [-0.2, 0) is 25.7 Å². The van der Waals surface area contributed by atoms with E-state index in [1.165, 1.54) is 25.6 Å². The van der Waals surface area contributed by atoms with E-state index in [0.29, 0.717) is 17.2 Å². The monoisotopic (exact) mass is 416 g/mol. The molecule has 152 valence electrons. The number of hydrogen-bond acceptors (Lipinski definition) is 8. The molecule has 29 heavy (non-hydrogen) atoms. The predicted molar refractivity (Wildman–Crippen MR) is 108 cm³/mol. The van der Waals surface area contributed by atoms with E-state index in [-0.39, 0.29) is 13.2 Å². The van der Waals surface area contributed by atoms with Gasteiger partial charge in [0.1, 0.15) is 23.1 Å². The topological polar surface area (TPSA) is 96.0 Å². The molecule has 1 N–H and O–H groups in total. The number of nitrogens with zero attached hydrogens (tertiary/aromatic N) is 1. The van der Waals surface area contributed by atoms with E-state index in [1.807, 2.05) is 24.3 Å². The van der Waals surface area contributed by atoms with E-state index in [2.05, 4.69) is 10.3 Å². The number of nitrogens with one attached hydrogen (secondary N) is 1. The number of rotatable bonds is 9. The molecule has 0 fully saturated rings. The highest BCUT2D eigenvalue weighted by Crippen LogP contribution is 2.28. The lowest BCUT2D eigenvalue weighted by molar-refractivity contribution is -0.152. The quantitative estimate of drug-likeness (QED) is 0.536. The molecule has 1 amide bonds. The van der Waals surface area contributed by atoms with E-state index >= 15 is 0 Å². The van der Waals surface area contributed by atoms with Crippen LogP contribution < -0.4 is 14.8 Å². The van der Waals surface area contributed by atoms with Crippen molar-refractivity contribution in [2.45, 2.75) is 6.61 Å². The first-order valence-corrected chi connectivity index (χ1v) is 9.50.